The zero-order chi connectivity index (χ0) is 12.8. The van der Waals surface area contributed by atoms with Gasteiger partial charge in [0.1, 0.15) is 6.04 Å². The molecule has 0 heterocycles. The van der Waals surface area contributed by atoms with E-state index in [0.717, 1.165) is 6.42 Å². The lowest BCUT2D eigenvalue weighted by atomic mass is 10.1. The molecule has 1 aliphatic rings. The average Bonchev–Trinajstić information content (AvgIpc) is 3.02. The molecule has 0 bridgehead atoms. The normalized spacial score (nSPS) is 23.8. The van der Waals surface area contributed by atoms with Gasteiger partial charge in [0.25, 0.3) is 0 Å². The molecule has 0 saturated heterocycles. The van der Waals surface area contributed by atoms with Gasteiger partial charge in [0, 0.05) is 13.0 Å². The lowest BCUT2D eigenvalue weighted by Crippen LogP contribution is -2.33. The molecule has 92 valence electrons. The van der Waals surface area contributed by atoms with Crippen molar-refractivity contribution in [1.29, 1.82) is 5.26 Å². The van der Waals surface area contributed by atoms with Crippen LogP contribution in [0.5, 0.6) is 0 Å². The summed E-state index contributed by atoms with van der Waals surface area (Å²) in [6.07, 6.45) is 3.94. The van der Waals surface area contributed by atoms with E-state index in [1.165, 1.54) is 13.0 Å². The topological polar surface area (TPSA) is 79.2 Å². The minimum Gasteiger partial charge on any atom is -0.463 e. The number of carbonyl (C=O) groups excluding carboxylic acids is 2. The molecule has 3 atom stereocenters. The molecule has 0 aromatic carbocycles. The van der Waals surface area contributed by atoms with Crippen molar-refractivity contribution in [1.82, 2.24) is 5.32 Å². The highest BCUT2D eigenvalue weighted by atomic mass is 16.5. The minimum atomic E-state index is -0.468. The van der Waals surface area contributed by atoms with E-state index in [0.29, 0.717) is 6.61 Å². The van der Waals surface area contributed by atoms with Crippen LogP contribution in [0.1, 0.15) is 20.3 Å². The molecule has 0 aromatic heterocycles. The molecule has 1 aliphatic carbocycles. The van der Waals surface area contributed by atoms with Crippen LogP contribution < -0.4 is 5.32 Å². The van der Waals surface area contributed by atoms with Gasteiger partial charge in [-0.3, -0.25) is 4.79 Å². The molecule has 5 nitrogen and oxygen atoms in total. The molecule has 1 fully saturated rings. The highest BCUT2D eigenvalue weighted by Gasteiger charge is 2.42. The van der Waals surface area contributed by atoms with Crippen LogP contribution in [-0.4, -0.2) is 24.5 Å². The Labute approximate surface area is 100 Å². The third-order valence-corrected chi connectivity index (χ3v) is 2.58. The van der Waals surface area contributed by atoms with E-state index >= 15 is 0 Å². The van der Waals surface area contributed by atoms with Crippen molar-refractivity contribution in [3.8, 4) is 6.07 Å². The minimum absolute atomic E-state index is 0.106. The fraction of sp³-hybridized carbons (Fsp3) is 0.583. The van der Waals surface area contributed by atoms with Crippen molar-refractivity contribution in [2.45, 2.75) is 26.3 Å². The van der Waals surface area contributed by atoms with Gasteiger partial charge in [-0.1, -0.05) is 6.08 Å². The van der Waals surface area contributed by atoms with E-state index in [4.69, 9.17) is 10.00 Å². The van der Waals surface area contributed by atoms with E-state index in [9.17, 15) is 9.59 Å². The number of hydrogen-bond acceptors (Lipinski definition) is 4. The highest BCUT2D eigenvalue weighted by Crippen LogP contribution is 2.42. The van der Waals surface area contributed by atoms with Crippen LogP contribution in [0.25, 0.3) is 0 Å². The average molecular weight is 236 g/mol. The SMILES string of the molecule is CCOC(=O)C=CC1CC1C(C#N)NC(C)=O. The van der Waals surface area contributed by atoms with Gasteiger partial charge in [0.05, 0.1) is 12.7 Å². The Morgan fingerprint density at radius 1 is 1.65 bits per heavy atom. The fourth-order valence-electron chi connectivity index (χ4n) is 1.69. The largest absolute Gasteiger partial charge is 0.463 e. The van der Waals surface area contributed by atoms with Gasteiger partial charge in [0.15, 0.2) is 0 Å². The quantitative estimate of drug-likeness (QED) is 0.565. The summed E-state index contributed by atoms with van der Waals surface area (Å²) in [5, 5.41) is 11.5. The maximum absolute atomic E-state index is 11.1. The van der Waals surface area contributed by atoms with E-state index < -0.39 is 6.04 Å². The Morgan fingerprint density at radius 2 is 2.35 bits per heavy atom. The standard InChI is InChI=1S/C12H16N2O3/c1-3-17-12(16)5-4-9-6-10(9)11(7-13)14-8(2)15/h4-5,9-11H,3,6H2,1-2H3,(H,14,15). The van der Waals surface area contributed by atoms with Crippen LogP contribution >= 0.6 is 0 Å². The van der Waals surface area contributed by atoms with Crippen LogP contribution in [0.15, 0.2) is 12.2 Å². The highest BCUT2D eigenvalue weighted by molar-refractivity contribution is 5.82. The summed E-state index contributed by atoms with van der Waals surface area (Å²) >= 11 is 0. The number of amides is 1. The second kappa shape index (κ2) is 6.04. The van der Waals surface area contributed by atoms with Gasteiger partial charge in [-0.25, -0.2) is 4.79 Å². The van der Waals surface area contributed by atoms with Gasteiger partial charge >= 0.3 is 5.97 Å². The molecular weight excluding hydrogens is 220 g/mol. The van der Waals surface area contributed by atoms with Gasteiger partial charge in [0.2, 0.25) is 5.91 Å². The molecular formula is C12H16N2O3. The van der Waals surface area contributed by atoms with Crippen LogP contribution in [0.3, 0.4) is 0 Å². The summed E-state index contributed by atoms with van der Waals surface area (Å²) in [5.41, 5.74) is 0. The van der Waals surface area contributed by atoms with Crippen LogP contribution in [0.2, 0.25) is 0 Å². The predicted octanol–water partition coefficient (Wildman–Crippen LogP) is 0.770. The Hall–Kier alpha value is -1.83. The first kappa shape index (κ1) is 13.2. The van der Waals surface area contributed by atoms with Crippen LogP contribution in [0, 0.1) is 23.2 Å². The number of allylic oxidation sites excluding steroid dienone is 1. The molecule has 1 rings (SSSR count). The first-order chi connectivity index (χ1) is 8.08. The number of nitrogens with zero attached hydrogens (tertiary/aromatic N) is 1. The van der Waals surface area contributed by atoms with E-state index in [-0.39, 0.29) is 23.7 Å². The Kier molecular flexibility index (Phi) is 4.70. The lowest BCUT2D eigenvalue weighted by Gasteiger charge is -2.07. The number of nitrogens with one attached hydrogen (secondary N) is 1. The van der Waals surface area contributed by atoms with Crippen LogP contribution in [0.4, 0.5) is 0 Å². The molecule has 1 N–H and O–H groups in total. The van der Waals surface area contributed by atoms with Gasteiger partial charge in [-0.15, -0.1) is 0 Å². The lowest BCUT2D eigenvalue weighted by molar-refractivity contribution is -0.137. The molecule has 1 amide bonds. The molecule has 0 radical (unpaired) electrons. The number of hydrogen-bond donors (Lipinski definition) is 1. The Bertz CT molecular complexity index is 370. The number of ether oxygens (including phenoxy) is 1. The van der Waals surface area contributed by atoms with Crippen molar-refractivity contribution in [3.05, 3.63) is 12.2 Å². The zero-order valence-corrected chi connectivity index (χ0v) is 9.97. The first-order valence-electron chi connectivity index (χ1n) is 5.60. The zero-order valence-electron chi connectivity index (χ0n) is 9.97. The number of nitriles is 1. The van der Waals surface area contributed by atoms with Gasteiger partial charge in [-0.05, 0) is 25.2 Å². The molecule has 17 heavy (non-hydrogen) atoms. The van der Waals surface area contributed by atoms with Gasteiger partial charge < -0.3 is 10.1 Å². The predicted molar refractivity (Wildman–Crippen MR) is 60.6 cm³/mol. The summed E-state index contributed by atoms with van der Waals surface area (Å²) in [6.45, 7) is 3.48. The van der Waals surface area contributed by atoms with E-state index in [1.807, 2.05) is 0 Å². The second-order valence-corrected chi connectivity index (χ2v) is 3.98. The summed E-state index contributed by atoms with van der Waals surface area (Å²) in [5.74, 6) is -0.298. The fourth-order valence-corrected chi connectivity index (χ4v) is 1.69. The number of carbonyl (C=O) groups is 2. The number of rotatable bonds is 5. The summed E-state index contributed by atoms with van der Waals surface area (Å²) in [4.78, 5) is 21.9. The van der Waals surface area contributed by atoms with Crippen molar-refractivity contribution < 1.29 is 14.3 Å². The molecule has 0 aromatic rings. The van der Waals surface area contributed by atoms with Crippen molar-refractivity contribution in [2.24, 2.45) is 11.8 Å². The molecule has 0 spiro atoms. The van der Waals surface area contributed by atoms with Gasteiger partial charge in [-0.2, -0.15) is 5.26 Å². The maximum atomic E-state index is 11.1. The Balaban J connectivity index is 2.40. The summed E-state index contributed by atoms with van der Waals surface area (Å²) < 4.78 is 4.75. The number of esters is 1. The third kappa shape index (κ3) is 4.27. The third-order valence-electron chi connectivity index (χ3n) is 2.58. The van der Waals surface area contributed by atoms with Crippen molar-refractivity contribution in [2.75, 3.05) is 6.61 Å². The summed E-state index contributed by atoms with van der Waals surface area (Å²) in [7, 11) is 0. The summed E-state index contributed by atoms with van der Waals surface area (Å²) in [6, 6.07) is 1.59. The molecule has 1 saturated carbocycles. The smallest absolute Gasteiger partial charge is 0.330 e. The van der Waals surface area contributed by atoms with Crippen LogP contribution in [-0.2, 0) is 14.3 Å². The van der Waals surface area contributed by atoms with Crippen molar-refractivity contribution in [3.63, 3.8) is 0 Å². The maximum Gasteiger partial charge on any atom is 0.330 e. The molecule has 5 heteroatoms. The molecule has 3 unspecified atom stereocenters. The first-order valence-corrected chi connectivity index (χ1v) is 5.60. The van der Waals surface area contributed by atoms with Crippen molar-refractivity contribution >= 4 is 11.9 Å². The Morgan fingerprint density at radius 3 is 2.88 bits per heavy atom. The van der Waals surface area contributed by atoms with E-state index in [2.05, 4.69) is 11.4 Å². The molecule has 0 aliphatic heterocycles. The van der Waals surface area contributed by atoms with E-state index in [1.54, 1.807) is 13.0 Å². The monoisotopic (exact) mass is 236 g/mol. The second-order valence-electron chi connectivity index (χ2n) is 3.98.